The van der Waals surface area contributed by atoms with Gasteiger partial charge in [-0.25, -0.2) is 9.37 Å². The first-order chi connectivity index (χ1) is 16.8. The van der Waals surface area contributed by atoms with Crippen molar-refractivity contribution in [1.82, 2.24) is 4.98 Å². The molecule has 35 heavy (non-hydrogen) atoms. The Morgan fingerprint density at radius 1 is 1.26 bits per heavy atom. The summed E-state index contributed by atoms with van der Waals surface area (Å²) in [5.74, 6) is 3.36. The number of allylic oxidation sites excluding steroid dienone is 1. The van der Waals surface area contributed by atoms with E-state index in [1.807, 2.05) is 18.3 Å². The molecule has 3 aliphatic rings. The zero-order valence-corrected chi connectivity index (χ0v) is 21.4. The lowest BCUT2D eigenvalue weighted by atomic mass is 9.53. The predicted octanol–water partition coefficient (Wildman–Crippen LogP) is 7.79. The van der Waals surface area contributed by atoms with E-state index in [1.165, 1.54) is 35.1 Å². The van der Waals surface area contributed by atoms with Crippen molar-refractivity contribution in [3.8, 4) is 0 Å². The Morgan fingerprint density at radius 3 is 2.83 bits per heavy atom. The fourth-order valence-corrected chi connectivity index (χ4v) is 7.59. The molecule has 0 bridgehead atoms. The van der Waals surface area contributed by atoms with E-state index in [0.29, 0.717) is 41.8 Å². The second-order valence-electron chi connectivity index (χ2n) is 11.8. The first-order valence-electron chi connectivity index (χ1n) is 13.5. The number of hydrogen-bond acceptors (Lipinski definition) is 2. The fourth-order valence-electron chi connectivity index (χ4n) is 7.59. The molecule has 5 rings (SSSR count). The van der Waals surface area contributed by atoms with Gasteiger partial charge in [0, 0.05) is 12.6 Å². The maximum atomic E-state index is 13.9. The highest BCUT2D eigenvalue weighted by Gasteiger charge is 2.55. The van der Waals surface area contributed by atoms with Crippen LogP contribution in [0.25, 0.3) is 0 Å². The van der Waals surface area contributed by atoms with Crippen LogP contribution in [0.1, 0.15) is 94.2 Å². The number of amides is 1. The summed E-state index contributed by atoms with van der Waals surface area (Å²) < 4.78 is 13.9. The smallest absolute Gasteiger partial charge is 0.225 e. The van der Waals surface area contributed by atoms with Gasteiger partial charge in [0.25, 0.3) is 0 Å². The van der Waals surface area contributed by atoms with E-state index in [0.717, 1.165) is 32.1 Å². The lowest BCUT2D eigenvalue weighted by Gasteiger charge is -2.51. The van der Waals surface area contributed by atoms with Gasteiger partial charge in [-0.2, -0.15) is 0 Å². The third-order valence-corrected chi connectivity index (χ3v) is 9.46. The number of halogens is 1. The van der Waals surface area contributed by atoms with Crippen LogP contribution in [0.4, 0.5) is 10.2 Å². The first-order valence-corrected chi connectivity index (χ1v) is 13.5. The number of aryl methyl sites for hydroxylation is 1. The summed E-state index contributed by atoms with van der Waals surface area (Å²) in [6.45, 7) is 11.2. The van der Waals surface area contributed by atoms with Crippen molar-refractivity contribution in [3.05, 3.63) is 71.2 Å². The predicted molar refractivity (Wildman–Crippen MR) is 140 cm³/mol. The molecular weight excluding hydrogens is 435 g/mol. The second kappa shape index (κ2) is 9.52. The molecule has 4 heteroatoms. The summed E-state index contributed by atoms with van der Waals surface area (Å²) in [6, 6.07) is 9.39. The monoisotopic (exact) mass is 474 g/mol. The van der Waals surface area contributed by atoms with Crippen LogP contribution in [-0.4, -0.2) is 10.9 Å². The average Bonchev–Trinajstić information content (AvgIpc) is 3.09. The molecule has 3 aliphatic carbocycles. The Labute approximate surface area is 209 Å². The van der Waals surface area contributed by atoms with Gasteiger partial charge in [0.15, 0.2) is 0 Å². The van der Waals surface area contributed by atoms with Crippen LogP contribution >= 0.6 is 0 Å². The molecule has 5 atom stereocenters. The summed E-state index contributed by atoms with van der Waals surface area (Å²) in [5.41, 5.74) is 5.39. The third kappa shape index (κ3) is 4.57. The van der Waals surface area contributed by atoms with Gasteiger partial charge >= 0.3 is 0 Å². The van der Waals surface area contributed by atoms with Gasteiger partial charge in [-0.15, -0.1) is 0 Å². The van der Waals surface area contributed by atoms with Gasteiger partial charge in [0.1, 0.15) is 11.6 Å². The molecule has 3 nitrogen and oxygen atoms in total. The summed E-state index contributed by atoms with van der Waals surface area (Å²) in [5, 5.41) is 2.97. The number of hydrogen-bond donors (Lipinski definition) is 1. The lowest BCUT2D eigenvalue weighted by Crippen LogP contribution is -2.42. The van der Waals surface area contributed by atoms with Crippen molar-refractivity contribution >= 4 is 11.7 Å². The molecule has 1 amide bonds. The summed E-state index contributed by atoms with van der Waals surface area (Å²) in [4.78, 5) is 17.0. The molecule has 0 spiro atoms. The maximum absolute atomic E-state index is 13.9. The van der Waals surface area contributed by atoms with Gasteiger partial charge in [-0.05, 0) is 115 Å². The van der Waals surface area contributed by atoms with Gasteiger partial charge < -0.3 is 5.32 Å². The molecule has 0 aliphatic heterocycles. The summed E-state index contributed by atoms with van der Waals surface area (Å²) in [7, 11) is 0. The van der Waals surface area contributed by atoms with Crippen LogP contribution in [0.3, 0.4) is 0 Å². The van der Waals surface area contributed by atoms with Crippen LogP contribution < -0.4 is 5.32 Å². The SMILES string of the molecule is C=C1CC(CCCC(=O)Nc2ccc(C(C)C)cn2)C2C3CCc4cc(F)ccc4C3CC[C@]12C. The molecule has 4 unspecified atom stereocenters. The first kappa shape index (κ1) is 24.2. The third-order valence-electron chi connectivity index (χ3n) is 9.46. The zero-order chi connectivity index (χ0) is 24.7. The molecule has 1 heterocycles. The molecule has 2 aromatic rings. The van der Waals surface area contributed by atoms with Crippen molar-refractivity contribution in [3.63, 3.8) is 0 Å². The highest BCUT2D eigenvalue weighted by atomic mass is 19.1. The van der Waals surface area contributed by atoms with Crippen molar-refractivity contribution < 1.29 is 9.18 Å². The van der Waals surface area contributed by atoms with E-state index in [1.54, 1.807) is 12.1 Å². The lowest BCUT2D eigenvalue weighted by molar-refractivity contribution is -0.116. The minimum Gasteiger partial charge on any atom is -0.311 e. The normalized spacial score (nSPS) is 29.5. The number of carbonyl (C=O) groups is 1. The van der Waals surface area contributed by atoms with Crippen LogP contribution in [0.15, 0.2) is 48.7 Å². The molecule has 186 valence electrons. The Kier molecular flexibility index (Phi) is 6.59. The van der Waals surface area contributed by atoms with Crippen LogP contribution in [0.5, 0.6) is 0 Å². The number of carbonyl (C=O) groups excluding carboxylic acids is 1. The minimum atomic E-state index is -0.112. The number of benzene rings is 1. The number of pyridine rings is 1. The van der Waals surface area contributed by atoms with Crippen LogP contribution in [0, 0.1) is 29.0 Å². The van der Waals surface area contributed by atoms with E-state index < -0.39 is 0 Å². The Morgan fingerprint density at radius 2 is 2.09 bits per heavy atom. The molecule has 2 fully saturated rings. The Balaban J connectivity index is 1.23. The molecule has 2 saturated carbocycles. The Bertz CT molecular complexity index is 1110. The highest BCUT2D eigenvalue weighted by molar-refractivity contribution is 5.89. The van der Waals surface area contributed by atoms with Crippen molar-refractivity contribution in [2.75, 3.05) is 5.32 Å². The van der Waals surface area contributed by atoms with Crippen molar-refractivity contribution in [1.29, 1.82) is 0 Å². The molecular formula is C31H39FN2O. The molecule has 1 aromatic carbocycles. The largest absolute Gasteiger partial charge is 0.311 e. The fraction of sp³-hybridized carbons (Fsp3) is 0.548. The molecule has 0 saturated heterocycles. The number of anilines is 1. The topological polar surface area (TPSA) is 42.0 Å². The molecule has 0 radical (unpaired) electrons. The van der Waals surface area contributed by atoms with Gasteiger partial charge in [-0.3, -0.25) is 4.79 Å². The van der Waals surface area contributed by atoms with E-state index in [-0.39, 0.29) is 17.1 Å². The molecule has 1 N–H and O–H groups in total. The molecule has 1 aromatic heterocycles. The summed E-state index contributed by atoms with van der Waals surface area (Å²) in [6.07, 6.45) is 9.87. The second-order valence-corrected chi connectivity index (χ2v) is 11.8. The van der Waals surface area contributed by atoms with Gasteiger partial charge in [0.05, 0.1) is 0 Å². The van der Waals surface area contributed by atoms with E-state index >= 15 is 0 Å². The Hall–Kier alpha value is -2.49. The van der Waals surface area contributed by atoms with E-state index in [9.17, 15) is 9.18 Å². The van der Waals surface area contributed by atoms with Crippen LogP contribution in [-0.2, 0) is 11.2 Å². The number of nitrogens with one attached hydrogen (secondary N) is 1. The van der Waals surface area contributed by atoms with Gasteiger partial charge in [0.2, 0.25) is 5.91 Å². The van der Waals surface area contributed by atoms with Crippen LogP contribution in [0.2, 0.25) is 0 Å². The maximum Gasteiger partial charge on any atom is 0.225 e. The van der Waals surface area contributed by atoms with E-state index in [4.69, 9.17) is 0 Å². The standard InChI is InChI=1S/C31H39FN2O/c1-19(2)23-9-13-28(33-18-23)34-29(35)7-5-6-22-16-20(3)31(4)15-14-26-25-12-10-24(32)17-21(25)8-11-27(26)30(22)31/h9-10,12-13,17-19,22,26-27,30H,3,5-8,11,14-16H2,1-2,4H3,(H,33,34,35)/t22?,26?,27?,30?,31-/m1/s1. The quantitative estimate of drug-likeness (QED) is 0.434. The van der Waals surface area contributed by atoms with Crippen molar-refractivity contribution in [2.45, 2.75) is 84.0 Å². The average molecular weight is 475 g/mol. The number of nitrogens with zero attached hydrogens (tertiary/aromatic N) is 1. The van der Waals surface area contributed by atoms with Gasteiger partial charge in [-0.1, -0.05) is 45.1 Å². The number of aromatic nitrogens is 1. The number of fused-ring (bicyclic) bond motifs is 5. The minimum absolute atomic E-state index is 0.0459. The summed E-state index contributed by atoms with van der Waals surface area (Å²) >= 11 is 0. The highest BCUT2D eigenvalue weighted by Crippen LogP contribution is 2.65. The zero-order valence-electron chi connectivity index (χ0n) is 21.4. The van der Waals surface area contributed by atoms with E-state index in [2.05, 4.69) is 43.7 Å². The number of rotatable bonds is 6. The van der Waals surface area contributed by atoms with Crippen molar-refractivity contribution in [2.24, 2.45) is 23.2 Å².